The maximum absolute atomic E-state index is 13.1. The van der Waals surface area contributed by atoms with Gasteiger partial charge in [0.05, 0.1) is 0 Å². The Labute approximate surface area is 283 Å². The van der Waals surface area contributed by atoms with Crippen LogP contribution >= 0.6 is 0 Å². The van der Waals surface area contributed by atoms with Gasteiger partial charge in [0.25, 0.3) is 0 Å². The number of carboxylic acids is 1. The van der Waals surface area contributed by atoms with Crippen LogP contribution in [0.15, 0.2) is 72.8 Å². The third kappa shape index (κ3) is 10.3. The van der Waals surface area contributed by atoms with E-state index in [9.17, 15) is 9.59 Å². The second kappa shape index (κ2) is 17.7. The third-order valence-electron chi connectivity index (χ3n) is 10.8. The monoisotopic (exact) mass is 636 g/mol. The van der Waals surface area contributed by atoms with Crippen molar-refractivity contribution in [2.75, 3.05) is 0 Å². The standard InChI is InChI=1S/C43H56O4/c1-2-3-4-5-6-7-8-9-10-11-12-13-14-15-16-17-42(46)47-40-24-23-38(37-21-18-33(19-22-37)20-25-41(44)45)29-39(40)43-30-34-26-35(31-43)28-36(27-34)32-43/h6-7,9-10,18-25,29,34-36H,2-5,8,11-17,26-28,30-32H2,1H3,(H,44,45)/b7-6-,10-9-,25-20+. The second-order valence-corrected chi connectivity index (χ2v) is 14.7. The summed E-state index contributed by atoms with van der Waals surface area (Å²) in [5, 5.41) is 8.97. The van der Waals surface area contributed by atoms with Crippen molar-refractivity contribution in [2.45, 2.75) is 128 Å². The van der Waals surface area contributed by atoms with Crippen molar-refractivity contribution >= 4 is 18.0 Å². The van der Waals surface area contributed by atoms with E-state index in [1.165, 1.54) is 88.7 Å². The quantitative estimate of drug-likeness (QED) is 0.0548. The van der Waals surface area contributed by atoms with Gasteiger partial charge >= 0.3 is 11.9 Å². The molecule has 4 aliphatic rings. The number of aliphatic carboxylic acids is 1. The van der Waals surface area contributed by atoms with Crippen LogP contribution in [-0.4, -0.2) is 17.0 Å². The van der Waals surface area contributed by atoms with Crippen LogP contribution in [0.3, 0.4) is 0 Å². The fraction of sp³-hybridized carbons (Fsp3) is 0.535. The predicted octanol–water partition coefficient (Wildman–Crippen LogP) is 11.6. The lowest BCUT2D eigenvalue weighted by atomic mass is 9.48. The Hall–Kier alpha value is -3.40. The van der Waals surface area contributed by atoms with Crippen molar-refractivity contribution in [3.63, 3.8) is 0 Å². The van der Waals surface area contributed by atoms with Crippen molar-refractivity contribution in [1.82, 2.24) is 0 Å². The Kier molecular flexibility index (Phi) is 13.1. The van der Waals surface area contributed by atoms with Gasteiger partial charge in [0.2, 0.25) is 0 Å². The molecular formula is C43H56O4. The van der Waals surface area contributed by atoms with Gasteiger partial charge in [0.1, 0.15) is 5.75 Å². The minimum atomic E-state index is -0.949. The summed E-state index contributed by atoms with van der Waals surface area (Å²) >= 11 is 0. The van der Waals surface area contributed by atoms with Gasteiger partial charge in [-0.1, -0.05) is 93.7 Å². The first-order valence-electron chi connectivity index (χ1n) is 18.6. The van der Waals surface area contributed by atoms with E-state index in [1.54, 1.807) is 6.08 Å². The first-order valence-corrected chi connectivity index (χ1v) is 18.6. The van der Waals surface area contributed by atoms with E-state index in [0.717, 1.165) is 72.3 Å². The summed E-state index contributed by atoms with van der Waals surface area (Å²) in [5.41, 5.74) is 4.40. The smallest absolute Gasteiger partial charge is 0.328 e. The summed E-state index contributed by atoms with van der Waals surface area (Å²) in [6.07, 6.45) is 33.0. The molecular weight excluding hydrogens is 580 g/mol. The molecule has 4 nitrogen and oxygen atoms in total. The first kappa shape index (κ1) is 34.9. The van der Waals surface area contributed by atoms with Crippen molar-refractivity contribution in [3.8, 4) is 16.9 Å². The summed E-state index contributed by atoms with van der Waals surface area (Å²) < 4.78 is 6.20. The van der Waals surface area contributed by atoms with E-state index in [4.69, 9.17) is 9.84 Å². The topological polar surface area (TPSA) is 63.6 Å². The normalized spacial score (nSPS) is 23.4. The molecule has 4 heteroatoms. The molecule has 2 aromatic carbocycles. The van der Waals surface area contributed by atoms with Crippen LogP contribution in [0.1, 0.15) is 134 Å². The van der Waals surface area contributed by atoms with Gasteiger partial charge in [-0.05, 0) is 135 Å². The number of hydrogen-bond acceptors (Lipinski definition) is 3. The average Bonchev–Trinajstić information content (AvgIpc) is 3.05. The van der Waals surface area contributed by atoms with E-state index in [-0.39, 0.29) is 11.4 Å². The third-order valence-corrected chi connectivity index (χ3v) is 10.8. The fourth-order valence-electron chi connectivity index (χ4n) is 8.86. The number of allylic oxidation sites excluding steroid dienone is 4. The second-order valence-electron chi connectivity index (χ2n) is 14.7. The molecule has 0 radical (unpaired) electrons. The Morgan fingerprint density at radius 2 is 1.36 bits per heavy atom. The van der Waals surface area contributed by atoms with Crippen LogP contribution < -0.4 is 4.74 Å². The van der Waals surface area contributed by atoms with Gasteiger partial charge in [-0.25, -0.2) is 4.79 Å². The zero-order valence-corrected chi connectivity index (χ0v) is 28.6. The Morgan fingerprint density at radius 3 is 2.00 bits per heavy atom. The summed E-state index contributed by atoms with van der Waals surface area (Å²) in [5.74, 6) is 2.09. The number of rotatable bonds is 19. The molecule has 0 saturated heterocycles. The van der Waals surface area contributed by atoms with Crippen LogP contribution in [0.25, 0.3) is 17.2 Å². The molecule has 0 aromatic heterocycles. The van der Waals surface area contributed by atoms with E-state index < -0.39 is 5.97 Å². The molecule has 6 rings (SSSR count). The Bertz CT molecular complexity index is 1360. The van der Waals surface area contributed by atoms with E-state index >= 15 is 0 Å². The van der Waals surface area contributed by atoms with Crippen LogP contribution in [0.2, 0.25) is 0 Å². The number of hydrogen-bond donors (Lipinski definition) is 1. The number of esters is 1. The van der Waals surface area contributed by atoms with Crippen LogP contribution in [0.5, 0.6) is 5.75 Å². The lowest BCUT2D eigenvalue weighted by Gasteiger charge is -2.57. The SMILES string of the molecule is CCCCC/C=C\C/C=C\CCCCCCCC(=O)Oc1ccc(-c2ccc(/C=C/C(=O)O)cc2)cc1C12CC3CC(CC(C3)C1)C2. The molecule has 0 unspecified atom stereocenters. The maximum atomic E-state index is 13.1. The van der Waals surface area contributed by atoms with E-state index in [2.05, 4.69) is 55.5 Å². The molecule has 2 aromatic rings. The van der Waals surface area contributed by atoms with Gasteiger partial charge in [-0.3, -0.25) is 4.79 Å². The molecule has 0 amide bonds. The molecule has 4 saturated carbocycles. The highest BCUT2D eigenvalue weighted by Crippen LogP contribution is 2.62. The first-order chi connectivity index (χ1) is 22.9. The van der Waals surface area contributed by atoms with E-state index in [0.29, 0.717) is 6.42 Å². The summed E-state index contributed by atoms with van der Waals surface area (Å²) in [6.45, 7) is 2.25. The number of carbonyl (C=O) groups is 2. The predicted molar refractivity (Wildman–Crippen MR) is 193 cm³/mol. The molecule has 0 atom stereocenters. The Balaban J connectivity index is 1.13. The molecule has 0 aliphatic heterocycles. The van der Waals surface area contributed by atoms with Gasteiger partial charge in [-0.2, -0.15) is 0 Å². The molecule has 0 heterocycles. The van der Waals surface area contributed by atoms with E-state index in [1.807, 2.05) is 18.2 Å². The minimum Gasteiger partial charge on any atom is -0.478 e. The van der Waals surface area contributed by atoms with Gasteiger partial charge in [-0.15, -0.1) is 0 Å². The summed E-state index contributed by atoms with van der Waals surface area (Å²) in [6, 6.07) is 14.4. The molecule has 0 spiro atoms. The number of unbranched alkanes of at least 4 members (excludes halogenated alkanes) is 8. The van der Waals surface area contributed by atoms with Gasteiger partial charge in [0.15, 0.2) is 0 Å². The minimum absolute atomic E-state index is 0.101. The molecule has 4 aliphatic carbocycles. The molecule has 1 N–H and O–H groups in total. The fourth-order valence-corrected chi connectivity index (χ4v) is 8.86. The average molecular weight is 637 g/mol. The number of carboxylic acid groups (broad SMARTS) is 1. The van der Waals surface area contributed by atoms with Crippen LogP contribution in [0, 0.1) is 17.8 Å². The number of benzene rings is 2. The number of carbonyl (C=O) groups excluding carboxylic acids is 1. The van der Waals surface area contributed by atoms with Crippen LogP contribution in [0.4, 0.5) is 0 Å². The van der Waals surface area contributed by atoms with Crippen molar-refractivity contribution < 1.29 is 19.4 Å². The summed E-state index contributed by atoms with van der Waals surface area (Å²) in [7, 11) is 0. The highest BCUT2D eigenvalue weighted by atomic mass is 16.5. The highest BCUT2D eigenvalue weighted by Gasteiger charge is 2.52. The lowest BCUT2D eigenvalue weighted by Crippen LogP contribution is -2.48. The zero-order valence-electron chi connectivity index (χ0n) is 28.6. The van der Waals surface area contributed by atoms with Crippen molar-refractivity contribution in [1.29, 1.82) is 0 Å². The number of ether oxygens (including phenoxy) is 1. The lowest BCUT2D eigenvalue weighted by molar-refractivity contribution is -0.134. The summed E-state index contributed by atoms with van der Waals surface area (Å²) in [4.78, 5) is 24.1. The Morgan fingerprint density at radius 1 is 0.766 bits per heavy atom. The van der Waals surface area contributed by atoms with Gasteiger partial charge in [0, 0.05) is 18.1 Å². The zero-order chi connectivity index (χ0) is 32.9. The van der Waals surface area contributed by atoms with Crippen LogP contribution in [-0.2, 0) is 15.0 Å². The highest BCUT2D eigenvalue weighted by molar-refractivity contribution is 5.85. The maximum Gasteiger partial charge on any atom is 0.328 e. The molecule has 4 fully saturated rings. The van der Waals surface area contributed by atoms with Gasteiger partial charge < -0.3 is 9.84 Å². The molecule has 47 heavy (non-hydrogen) atoms. The van der Waals surface area contributed by atoms with Crippen molar-refractivity contribution in [2.24, 2.45) is 17.8 Å². The molecule has 252 valence electrons. The molecule has 4 bridgehead atoms. The van der Waals surface area contributed by atoms with Crippen molar-refractivity contribution in [3.05, 3.63) is 84.0 Å². The largest absolute Gasteiger partial charge is 0.478 e.